The van der Waals surface area contributed by atoms with E-state index in [1.807, 2.05) is 0 Å². The van der Waals surface area contributed by atoms with Gasteiger partial charge in [-0.05, 0) is 38.0 Å². The van der Waals surface area contributed by atoms with Gasteiger partial charge in [-0.25, -0.2) is 0 Å². The highest BCUT2D eigenvalue weighted by Crippen LogP contribution is 2.66. The molecule has 2 aliphatic carbocycles. The van der Waals surface area contributed by atoms with Crippen LogP contribution in [0.2, 0.25) is 0 Å². The van der Waals surface area contributed by atoms with Crippen LogP contribution in [0.5, 0.6) is 0 Å². The second-order valence-corrected chi connectivity index (χ2v) is 7.92. The van der Waals surface area contributed by atoms with Gasteiger partial charge in [0.1, 0.15) is 5.78 Å². The summed E-state index contributed by atoms with van der Waals surface area (Å²) < 4.78 is 12.6. The van der Waals surface area contributed by atoms with Crippen molar-refractivity contribution in [2.24, 2.45) is 23.7 Å². The van der Waals surface area contributed by atoms with Gasteiger partial charge in [0.05, 0.1) is 23.2 Å². The van der Waals surface area contributed by atoms with Gasteiger partial charge < -0.3 is 9.47 Å². The van der Waals surface area contributed by atoms with Crippen LogP contribution in [-0.4, -0.2) is 30.2 Å². The minimum Gasteiger partial charge on any atom is -0.381 e. The van der Waals surface area contributed by atoms with Crippen molar-refractivity contribution in [3.8, 4) is 0 Å². The fourth-order valence-corrected chi connectivity index (χ4v) is 6.45. The monoisotopic (exact) mass is 308 g/mol. The van der Waals surface area contributed by atoms with Crippen molar-refractivity contribution in [3.05, 3.63) is 0 Å². The van der Waals surface area contributed by atoms with Gasteiger partial charge >= 0.3 is 0 Å². The molecule has 0 N–H and O–H groups in total. The zero-order valence-electron chi connectivity index (χ0n) is 14.9. The number of ether oxygens (including phenoxy) is 2. The summed E-state index contributed by atoms with van der Waals surface area (Å²) in [6.45, 7) is 8.87. The van der Waals surface area contributed by atoms with Gasteiger partial charge in [-0.1, -0.05) is 33.6 Å². The Morgan fingerprint density at radius 3 is 2.64 bits per heavy atom. The number of hydrogen-bond donors (Lipinski definition) is 0. The Labute approximate surface area is 135 Å². The molecular weight excluding hydrogens is 276 g/mol. The molecule has 0 aromatic rings. The zero-order valence-corrected chi connectivity index (χ0v) is 14.9. The van der Waals surface area contributed by atoms with Crippen LogP contribution in [-0.2, 0) is 14.3 Å². The molecule has 7 atom stereocenters. The van der Waals surface area contributed by atoms with Crippen LogP contribution in [0.25, 0.3) is 0 Å². The smallest absolute Gasteiger partial charge is 0.142 e. The van der Waals surface area contributed by atoms with Crippen molar-refractivity contribution in [3.63, 3.8) is 0 Å². The first kappa shape index (κ1) is 16.4. The maximum Gasteiger partial charge on any atom is 0.142 e. The number of ketones is 1. The molecule has 2 saturated heterocycles. The second-order valence-electron chi connectivity index (χ2n) is 7.92. The van der Waals surface area contributed by atoms with E-state index in [0.29, 0.717) is 30.0 Å². The van der Waals surface area contributed by atoms with Crippen LogP contribution in [0.4, 0.5) is 0 Å². The van der Waals surface area contributed by atoms with Gasteiger partial charge in [0.25, 0.3) is 0 Å². The Morgan fingerprint density at radius 1 is 1.36 bits per heavy atom. The van der Waals surface area contributed by atoms with E-state index in [4.69, 9.17) is 9.47 Å². The average molecular weight is 308 g/mol. The molecule has 126 valence electrons. The maximum atomic E-state index is 12.9. The van der Waals surface area contributed by atoms with Crippen LogP contribution in [0.15, 0.2) is 0 Å². The first-order chi connectivity index (χ1) is 10.5. The first-order valence-electron chi connectivity index (χ1n) is 9.23. The molecule has 4 rings (SSSR count). The molecule has 4 bridgehead atoms. The Balaban J connectivity index is 2.03. The third kappa shape index (κ3) is 1.97. The van der Waals surface area contributed by atoms with Crippen LogP contribution in [0, 0.1) is 23.7 Å². The number of Topliss-reactive ketones (excluding diaryl/α,β-unsaturated/α-hetero) is 1. The fourth-order valence-electron chi connectivity index (χ4n) is 6.45. The third-order valence-electron chi connectivity index (χ3n) is 7.01. The van der Waals surface area contributed by atoms with Crippen LogP contribution < -0.4 is 0 Å². The van der Waals surface area contributed by atoms with Crippen LogP contribution >= 0.6 is 0 Å². The lowest BCUT2D eigenvalue weighted by atomic mass is 9.57. The molecule has 0 amide bonds. The van der Waals surface area contributed by atoms with E-state index in [2.05, 4.69) is 27.7 Å². The molecule has 2 saturated carbocycles. The number of rotatable bonds is 6. The molecule has 3 heteroatoms. The number of hydrogen-bond acceptors (Lipinski definition) is 3. The Hall–Kier alpha value is -0.410. The zero-order chi connectivity index (χ0) is 16.1. The molecule has 3 nitrogen and oxygen atoms in total. The lowest BCUT2D eigenvalue weighted by Gasteiger charge is -2.59. The molecule has 4 aliphatic rings. The van der Waals surface area contributed by atoms with Crippen molar-refractivity contribution in [1.82, 2.24) is 0 Å². The molecule has 0 spiro atoms. The summed E-state index contributed by atoms with van der Waals surface area (Å²) in [5.41, 5.74) is -0.507. The van der Waals surface area contributed by atoms with Gasteiger partial charge in [-0.2, -0.15) is 0 Å². The van der Waals surface area contributed by atoms with Crippen LogP contribution in [0.1, 0.15) is 66.2 Å². The van der Waals surface area contributed by atoms with Gasteiger partial charge in [0, 0.05) is 19.4 Å². The summed E-state index contributed by atoms with van der Waals surface area (Å²) >= 11 is 0. The summed E-state index contributed by atoms with van der Waals surface area (Å²) in [5.74, 6) is 1.97. The second kappa shape index (κ2) is 5.59. The highest BCUT2D eigenvalue weighted by atomic mass is 16.5. The van der Waals surface area contributed by atoms with Gasteiger partial charge in [0.15, 0.2) is 0 Å². The van der Waals surface area contributed by atoms with Crippen molar-refractivity contribution in [2.75, 3.05) is 7.11 Å². The molecule has 0 radical (unpaired) electrons. The molecular formula is C19H32O3. The number of carbonyl (C=O) groups excluding carboxylic acids is 1. The van der Waals surface area contributed by atoms with E-state index in [-0.39, 0.29) is 23.2 Å². The Bertz CT molecular complexity index is 444. The van der Waals surface area contributed by atoms with E-state index in [9.17, 15) is 4.79 Å². The molecule has 0 aromatic heterocycles. The Morgan fingerprint density at radius 2 is 2.09 bits per heavy atom. The van der Waals surface area contributed by atoms with Gasteiger partial charge in [-0.3, -0.25) is 4.79 Å². The fraction of sp³-hybridized carbons (Fsp3) is 0.947. The molecule has 22 heavy (non-hydrogen) atoms. The number of fused-ring (bicyclic) bond motifs is 1. The summed E-state index contributed by atoms with van der Waals surface area (Å²) in [6.07, 6.45) is 6.18. The summed E-state index contributed by atoms with van der Waals surface area (Å²) in [7, 11) is 1.80. The topological polar surface area (TPSA) is 35.5 Å². The predicted molar refractivity (Wildman–Crippen MR) is 86.7 cm³/mol. The molecule has 2 heterocycles. The van der Waals surface area contributed by atoms with E-state index in [1.54, 1.807) is 7.11 Å². The first-order valence-corrected chi connectivity index (χ1v) is 9.23. The van der Waals surface area contributed by atoms with E-state index < -0.39 is 0 Å². The SMILES string of the molecule is CCCC12CC(=O)C3[C@H](CC(C(CC)OC)C3(C)O1)C2CC. The van der Waals surface area contributed by atoms with E-state index in [0.717, 1.165) is 32.1 Å². The van der Waals surface area contributed by atoms with Crippen molar-refractivity contribution in [2.45, 2.75) is 83.5 Å². The Kier molecular flexibility index (Phi) is 4.18. The van der Waals surface area contributed by atoms with E-state index >= 15 is 0 Å². The summed E-state index contributed by atoms with van der Waals surface area (Å²) in [5, 5.41) is 0. The predicted octanol–water partition coefficient (Wildman–Crippen LogP) is 3.99. The van der Waals surface area contributed by atoms with Gasteiger partial charge in [-0.15, -0.1) is 0 Å². The molecule has 6 unspecified atom stereocenters. The minimum atomic E-state index is -0.308. The quantitative estimate of drug-likeness (QED) is 0.744. The highest BCUT2D eigenvalue weighted by molar-refractivity contribution is 5.86. The molecule has 2 aliphatic heterocycles. The largest absolute Gasteiger partial charge is 0.381 e. The minimum absolute atomic E-state index is 0.102. The van der Waals surface area contributed by atoms with Crippen molar-refractivity contribution in [1.29, 1.82) is 0 Å². The normalized spacial score (nSPS) is 48.0. The lowest BCUT2D eigenvalue weighted by Crippen LogP contribution is -2.66. The summed E-state index contributed by atoms with van der Waals surface area (Å²) in [6, 6.07) is 0. The van der Waals surface area contributed by atoms with E-state index in [1.165, 1.54) is 0 Å². The average Bonchev–Trinajstić information content (AvgIpc) is 2.71. The standard InChI is InChI=1S/C19H32O3/c1-6-9-19-11-15(20)17-12(13(19)7-2)10-14(16(8-3)21-5)18(17,4)22-19/h12-14,16-17H,6-11H2,1-5H3/t12-,13?,14?,16?,17?,18?,19?/m1/s1. The third-order valence-corrected chi connectivity index (χ3v) is 7.01. The molecule has 4 fully saturated rings. The maximum absolute atomic E-state index is 12.9. The van der Waals surface area contributed by atoms with Crippen molar-refractivity contribution < 1.29 is 14.3 Å². The van der Waals surface area contributed by atoms with Gasteiger partial charge in [0.2, 0.25) is 0 Å². The highest BCUT2D eigenvalue weighted by Gasteiger charge is 2.71. The summed E-state index contributed by atoms with van der Waals surface area (Å²) in [4.78, 5) is 12.9. The number of carbonyl (C=O) groups is 1. The number of methoxy groups -OCH3 is 1. The molecule has 0 aromatic carbocycles. The lowest BCUT2D eigenvalue weighted by molar-refractivity contribution is -0.272. The van der Waals surface area contributed by atoms with Crippen LogP contribution in [0.3, 0.4) is 0 Å². The van der Waals surface area contributed by atoms with Crippen molar-refractivity contribution >= 4 is 5.78 Å².